The van der Waals surface area contributed by atoms with E-state index >= 15 is 0 Å². The Hall–Kier alpha value is -2.83. The normalized spacial score (nSPS) is 11.3. The van der Waals surface area contributed by atoms with Crippen LogP contribution in [-0.2, 0) is 10.0 Å². The van der Waals surface area contributed by atoms with E-state index in [-0.39, 0.29) is 10.8 Å². The SMILES string of the molecule is COc1ccc(S(=O)(=O)N(C)c2ccc(C(=O)Nc3nnc(SC(C)C)s3)cc2)cc1OC. The van der Waals surface area contributed by atoms with Crippen LogP contribution < -0.4 is 19.1 Å². The second kappa shape index (κ2) is 10.4. The fraction of sp³-hybridized carbons (Fsp3) is 0.286. The van der Waals surface area contributed by atoms with Crippen LogP contribution in [0.5, 0.6) is 11.5 Å². The predicted octanol–water partition coefficient (Wildman–Crippen LogP) is 4.13. The lowest BCUT2D eigenvalue weighted by Gasteiger charge is -2.20. The van der Waals surface area contributed by atoms with Crippen molar-refractivity contribution in [3.63, 3.8) is 0 Å². The van der Waals surface area contributed by atoms with Crippen molar-refractivity contribution in [1.29, 1.82) is 0 Å². The number of benzene rings is 2. The first-order valence-electron chi connectivity index (χ1n) is 9.78. The number of rotatable bonds is 9. The molecule has 3 rings (SSSR count). The molecule has 0 saturated heterocycles. The van der Waals surface area contributed by atoms with Gasteiger partial charge in [0.1, 0.15) is 0 Å². The number of thioether (sulfide) groups is 1. The molecule has 0 fully saturated rings. The first-order chi connectivity index (χ1) is 15.6. The molecule has 0 aliphatic carbocycles. The Morgan fingerprint density at radius 1 is 1.06 bits per heavy atom. The van der Waals surface area contributed by atoms with Gasteiger partial charge in [-0.25, -0.2) is 8.42 Å². The van der Waals surface area contributed by atoms with Gasteiger partial charge in [-0.2, -0.15) is 0 Å². The Bertz CT molecular complexity index is 1230. The number of carbonyl (C=O) groups excluding carboxylic acids is 1. The number of aromatic nitrogens is 2. The third-order valence-corrected chi connectivity index (χ3v) is 8.18. The molecule has 176 valence electrons. The molecule has 0 aliphatic rings. The van der Waals surface area contributed by atoms with E-state index in [9.17, 15) is 13.2 Å². The molecule has 0 atom stereocenters. The summed E-state index contributed by atoms with van der Waals surface area (Å²) < 4.78 is 38.4. The molecule has 0 spiro atoms. The molecule has 1 amide bonds. The molecule has 1 N–H and O–H groups in total. The number of hydrogen-bond acceptors (Lipinski definition) is 9. The number of hydrogen-bond donors (Lipinski definition) is 1. The Morgan fingerprint density at radius 3 is 2.33 bits per heavy atom. The van der Waals surface area contributed by atoms with Gasteiger partial charge < -0.3 is 9.47 Å². The van der Waals surface area contributed by atoms with Gasteiger partial charge in [-0.1, -0.05) is 36.9 Å². The molecular formula is C21H24N4O5S3. The average Bonchev–Trinajstić information content (AvgIpc) is 3.23. The summed E-state index contributed by atoms with van der Waals surface area (Å²) in [6.07, 6.45) is 0. The number of carbonyl (C=O) groups is 1. The fourth-order valence-electron chi connectivity index (χ4n) is 2.78. The fourth-order valence-corrected chi connectivity index (χ4v) is 5.96. The second-order valence-electron chi connectivity index (χ2n) is 7.03. The zero-order valence-electron chi connectivity index (χ0n) is 18.7. The van der Waals surface area contributed by atoms with Gasteiger partial charge in [0.05, 0.1) is 24.8 Å². The largest absolute Gasteiger partial charge is 0.493 e. The Labute approximate surface area is 201 Å². The van der Waals surface area contributed by atoms with E-state index in [1.807, 2.05) is 13.8 Å². The van der Waals surface area contributed by atoms with Crippen molar-refractivity contribution in [1.82, 2.24) is 10.2 Å². The van der Waals surface area contributed by atoms with Gasteiger partial charge in [0.15, 0.2) is 15.8 Å². The summed E-state index contributed by atoms with van der Waals surface area (Å²) in [5, 5.41) is 11.5. The first-order valence-corrected chi connectivity index (χ1v) is 12.9. The second-order valence-corrected chi connectivity index (χ2v) is 11.8. The van der Waals surface area contributed by atoms with Crippen molar-refractivity contribution in [2.24, 2.45) is 0 Å². The number of nitrogens with one attached hydrogen (secondary N) is 1. The zero-order chi connectivity index (χ0) is 24.2. The third kappa shape index (κ3) is 5.75. The molecule has 0 saturated carbocycles. The maximum absolute atomic E-state index is 13.1. The standard InChI is InChI=1S/C21H24N4O5S3/c1-13(2)31-21-24-23-20(32-21)22-19(26)14-6-8-15(9-7-14)25(3)33(27,28)16-10-11-17(29-4)18(12-16)30-5/h6-13H,1-5H3,(H,22,23,26). The van der Waals surface area contributed by atoms with Crippen LogP contribution >= 0.6 is 23.1 Å². The highest BCUT2D eigenvalue weighted by atomic mass is 32.2. The smallest absolute Gasteiger partial charge is 0.264 e. The van der Waals surface area contributed by atoms with Gasteiger partial charge in [-0.3, -0.25) is 14.4 Å². The average molecular weight is 509 g/mol. The summed E-state index contributed by atoms with van der Waals surface area (Å²) in [6, 6.07) is 10.6. The number of ether oxygens (including phenoxy) is 2. The van der Waals surface area contributed by atoms with E-state index in [1.54, 1.807) is 36.0 Å². The van der Waals surface area contributed by atoms with E-state index in [4.69, 9.17) is 9.47 Å². The molecule has 9 nitrogen and oxygen atoms in total. The van der Waals surface area contributed by atoms with E-state index in [0.717, 1.165) is 8.64 Å². The van der Waals surface area contributed by atoms with Crippen molar-refractivity contribution in [3.8, 4) is 11.5 Å². The predicted molar refractivity (Wildman–Crippen MR) is 130 cm³/mol. The lowest BCUT2D eigenvalue weighted by atomic mass is 10.2. The minimum Gasteiger partial charge on any atom is -0.493 e. The minimum atomic E-state index is -3.86. The van der Waals surface area contributed by atoms with Crippen LogP contribution in [0.15, 0.2) is 51.7 Å². The lowest BCUT2D eigenvalue weighted by Crippen LogP contribution is -2.26. The number of anilines is 2. The quantitative estimate of drug-likeness (QED) is 0.339. The van der Waals surface area contributed by atoms with E-state index in [0.29, 0.717) is 33.1 Å². The first kappa shape index (κ1) is 24.8. The van der Waals surface area contributed by atoms with E-state index < -0.39 is 10.0 Å². The summed E-state index contributed by atoms with van der Waals surface area (Å²) in [5.41, 5.74) is 0.761. The highest BCUT2D eigenvalue weighted by molar-refractivity contribution is 8.01. The molecular weight excluding hydrogens is 484 g/mol. The maximum atomic E-state index is 13.1. The molecule has 33 heavy (non-hydrogen) atoms. The number of sulfonamides is 1. The molecule has 2 aromatic carbocycles. The highest BCUT2D eigenvalue weighted by Gasteiger charge is 2.23. The van der Waals surface area contributed by atoms with Gasteiger partial charge in [0.2, 0.25) is 5.13 Å². The Morgan fingerprint density at radius 2 is 1.73 bits per heavy atom. The number of amides is 1. The molecule has 1 heterocycles. The van der Waals surface area contributed by atoms with Crippen LogP contribution in [0.1, 0.15) is 24.2 Å². The Kier molecular flexibility index (Phi) is 7.82. The molecule has 0 bridgehead atoms. The van der Waals surface area contributed by atoms with Crippen molar-refractivity contribution in [2.45, 2.75) is 28.3 Å². The molecule has 1 aromatic heterocycles. The number of nitrogens with zero attached hydrogens (tertiary/aromatic N) is 3. The highest BCUT2D eigenvalue weighted by Crippen LogP contribution is 2.32. The van der Waals surface area contributed by atoms with Crippen LogP contribution in [-0.4, -0.2) is 51.0 Å². The molecule has 0 unspecified atom stereocenters. The topological polar surface area (TPSA) is 111 Å². The summed E-state index contributed by atoms with van der Waals surface area (Å²) >= 11 is 2.87. The van der Waals surface area contributed by atoms with Gasteiger partial charge >= 0.3 is 0 Å². The van der Waals surface area contributed by atoms with Crippen LogP contribution in [0.25, 0.3) is 0 Å². The van der Waals surface area contributed by atoms with Crippen LogP contribution in [0, 0.1) is 0 Å². The molecule has 0 radical (unpaired) electrons. The van der Waals surface area contributed by atoms with Crippen molar-refractivity contribution >= 4 is 49.8 Å². The van der Waals surface area contributed by atoms with Gasteiger partial charge in [0, 0.05) is 23.9 Å². The summed E-state index contributed by atoms with van der Waals surface area (Å²) in [7, 11) is 0.495. The molecule has 12 heteroatoms. The van der Waals surface area contributed by atoms with Gasteiger partial charge in [0.25, 0.3) is 15.9 Å². The summed E-state index contributed by atoms with van der Waals surface area (Å²) in [6.45, 7) is 4.10. The zero-order valence-corrected chi connectivity index (χ0v) is 21.2. The molecule has 0 aliphatic heterocycles. The van der Waals surface area contributed by atoms with E-state index in [2.05, 4.69) is 15.5 Å². The number of methoxy groups -OCH3 is 2. The summed E-state index contributed by atoms with van der Waals surface area (Å²) in [4.78, 5) is 12.6. The maximum Gasteiger partial charge on any atom is 0.264 e. The Balaban J connectivity index is 1.74. The van der Waals surface area contributed by atoms with Crippen molar-refractivity contribution in [2.75, 3.05) is 30.9 Å². The van der Waals surface area contributed by atoms with E-state index in [1.165, 1.54) is 50.8 Å². The minimum absolute atomic E-state index is 0.0517. The van der Waals surface area contributed by atoms with Crippen LogP contribution in [0.2, 0.25) is 0 Å². The van der Waals surface area contributed by atoms with Crippen molar-refractivity contribution in [3.05, 3.63) is 48.0 Å². The van der Waals surface area contributed by atoms with Gasteiger partial charge in [-0.05, 0) is 36.4 Å². The summed E-state index contributed by atoms with van der Waals surface area (Å²) in [5.74, 6) is 0.384. The van der Waals surface area contributed by atoms with Crippen molar-refractivity contribution < 1.29 is 22.7 Å². The van der Waals surface area contributed by atoms with Crippen LogP contribution in [0.3, 0.4) is 0 Å². The monoisotopic (exact) mass is 508 g/mol. The lowest BCUT2D eigenvalue weighted by molar-refractivity contribution is 0.102. The third-order valence-electron chi connectivity index (χ3n) is 4.47. The molecule has 3 aromatic rings. The van der Waals surface area contributed by atoms with Gasteiger partial charge in [-0.15, -0.1) is 10.2 Å². The van der Waals surface area contributed by atoms with Crippen LogP contribution in [0.4, 0.5) is 10.8 Å².